The van der Waals surface area contributed by atoms with E-state index in [0.717, 1.165) is 16.8 Å². The number of piperidine rings is 1. The lowest BCUT2D eigenvalue weighted by atomic mass is 9.94. The number of imide groups is 1. The Morgan fingerprint density at radius 1 is 1.00 bits per heavy atom. The molecule has 0 bridgehead atoms. The zero-order valence-electron chi connectivity index (χ0n) is 19.8. The Morgan fingerprint density at radius 3 is 2.53 bits per heavy atom. The molecule has 1 saturated heterocycles. The lowest BCUT2D eigenvalue weighted by Gasteiger charge is -2.33. The van der Waals surface area contributed by atoms with Crippen molar-refractivity contribution in [3.63, 3.8) is 0 Å². The van der Waals surface area contributed by atoms with Gasteiger partial charge >= 0.3 is 0 Å². The first-order valence-corrected chi connectivity index (χ1v) is 12.5. The molecule has 3 aromatic rings. The van der Waals surface area contributed by atoms with Crippen LogP contribution in [-0.2, 0) is 17.8 Å². The molecule has 1 aromatic heterocycles. The van der Waals surface area contributed by atoms with Crippen molar-refractivity contribution >= 4 is 35.0 Å². The van der Waals surface area contributed by atoms with Crippen LogP contribution in [0.2, 0.25) is 5.02 Å². The number of nitrogens with one attached hydrogen (secondary N) is 1. The van der Waals surface area contributed by atoms with Crippen LogP contribution in [0.5, 0.6) is 0 Å². The smallest absolute Gasteiger partial charge is 0.263 e. The fourth-order valence-electron chi connectivity index (χ4n) is 4.93. The van der Waals surface area contributed by atoms with Crippen LogP contribution in [0.3, 0.4) is 0 Å². The first-order valence-electron chi connectivity index (χ1n) is 12.2. The van der Waals surface area contributed by atoms with Crippen molar-refractivity contribution in [2.24, 2.45) is 5.92 Å². The molecule has 0 unspecified atom stereocenters. The summed E-state index contributed by atoms with van der Waals surface area (Å²) < 4.78 is 0. The maximum Gasteiger partial charge on any atom is 0.263 e. The second-order valence-corrected chi connectivity index (χ2v) is 9.62. The van der Waals surface area contributed by atoms with Gasteiger partial charge in [0.2, 0.25) is 5.91 Å². The predicted octanol–water partition coefficient (Wildman–Crippen LogP) is 4.11. The number of aromatic nitrogens is 1. The van der Waals surface area contributed by atoms with Crippen molar-refractivity contribution in [3.8, 4) is 0 Å². The third kappa shape index (κ3) is 4.97. The van der Waals surface area contributed by atoms with Crippen LogP contribution >= 0.6 is 11.6 Å². The highest BCUT2D eigenvalue weighted by Gasteiger charge is 2.38. The lowest BCUT2D eigenvalue weighted by molar-refractivity contribution is -0.125. The molecule has 0 spiro atoms. The van der Waals surface area contributed by atoms with Crippen LogP contribution in [0.15, 0.2) is 67.0 Å². The molecule has 0 radical (unpaired) electrons. The van der Waals surface area contributed by atoms with Crippen molar-refractivity contribution in [3.05, 3.63) is 94.3 Å². The van der Waals surface area contributed by atoms with Crippen LogP contribution in [0.25, 0.3) is 0 Å². The summed E-state index contributed by atoms with van der Waals surface area (Å²) in [6.07, 6.45) is 5.36. The van der Waals surface area contributed by atoms with Crippen LogP contribution in [-0.4, -0.2) is 47.2 Å². The molecule has 0 aliphatic carbocycles. The van der Waals surface area contributed by atoms with E-state index in [2.05, 4.69) is 15.2 Å². The highest BCUT2D eigenvalue weighted by atomic mass is 35.5. The number of benzene rings is 2. The van der Waals surface area contributed by atoms with Gasteiger partial charge in [-0.2, -0.15) is 0 Å². The number of fused-ring (bicyclic) bond motifs is 1. The molecule has 8 heteroatoms. The molecule has 2 aromatic carbocycles. The molecule has 7 nitrogen and oxygen atoms in total. The number of pyridine rings is 1. The Morgan fingerprint density at radius 2 is 1.78 bits per heavy atom. The number of carbonyl (C=O) groups excluding carboxylic acids is 3. The van der Waals surface area contributed by atoms with Crippen LogP contribution in [0.1, 0.15) is 44.7 Å². The average molecular weight is 503 g/mol. The summed E-state index contributed by atoms with van der Waals surface area (Å²) in [6.45, 7) is 2.04. The Bertz CT molecular complexity index is 1290. The first kappa shape index (κ1) is 24.0. The number of halogens is 1. The summed E-state index contributed by atoms with van der Waals surface area (Å²) in [5, 5.41) is 3.63. The standard InChI is InChI=1S/C28H27ClN4O3/c29-22-6-1-4-19(16-22)9-15-33-27(35)23-7-2-8-24(25(23)28(33)36)32-13-10-21(11-14-32)26(34)31-18-20-5-3-12-30-17-20/h1-8,12,16-17,21H,9-11,13-15,18H2,(H,31,34). The first-order chi connectivity index (χ1) is 17.5. The molecule has 36 heavy (non-hydrogen) atoms. The average Bonchev–Trinajstić information content (AvgIpc) is 3.16. The molecule has 1 fully saturated rings. The topological polar surface area (TPSA) is 82.6 Å². The van der Waals surface area contributed by atoms with Crippen molar-refractivity contribution in [1.29, 1.82) is 0 Å². The van der Waals surface area contributed by atoms with Crippen LogP contribution < -0.4 is 10.2 Å². The molecular formula is C28H27ClN4O3. The zero-order valence-corrected chi connectivity index (χ0v) is 20.6. The van der Waals surface area contributed by atoms with Gasteiger partial charge in [0.15, 0.2) is 0 Å². The van der Waals surface area contributed by atoms with Gasteiger partial charge in [-0.3, -0.25) is 24.3 Å². The summed E-state index contributed by atoms with van der Waals surface area (Å²) in [5.41, 5.74) is 3.62. The minimum absolute atomic E-state index is 0.0373. The van der Waals surface area contributed by atoms with Gasteiger partial charge in [0.25, 0.3) is 11.8 Å². The number of anilines is 1. The van der Waals surface area contributed by atoms with Gasteiger partial charge in [0, 0.05) is 49.5 Å². The Balaban J connectivity index is 1.22. The summed E-state index contributed by atoms with van der Waals surface area (Å²) in [4.78, 5) is 46.6. The molecule has 0 atom stereocenters. The summed E-state index contributed by atoms with van der Waals surface area (Å²) in [6, 6.07) is 16.7. The monoisotopic (exact) mass is 502 g/mol. The Labute approximate surface area is 215 Å². The van der Waals surface area contributed by atoms with E-state index in [-0.39, 0.29) is 23.6 Å². The van der Waals surface area contributed by atoms with Gasteiger partial charge in [-0.25, -0.2) is 0 Å². The number of rotatable bonds is 7. The van der Waals surface area contributed by atoms with E-state index in [1.807, 2.05) is 42.5 Å². The van der Waals surface area contributed by atoms with E-state index in [9.17, 15) is 14.4 Å². The fourth-order valence-corrected chi connectivity index (χ4v) is 5.15. The molecule has 3 amide bonds. The molecule has 2 aliphatic heterocycles. The quantitative estimate of drug-likeness (QED) is 0.492. The van der Waals surface area contributed by atoms with E-state index < -0.39 is 0 Å². The largest absolute Gasteiger partial charge is 0.371 e. The molecule has 5 rings (SSSR count). The van der Waals surface area contributed by atoms with Gasteiger partial charge < -0.3 is 10.2 Å². The number of hydrogen-bond acceptors (Lipinski definition) is 5. The molecule has 2 aliphatic rings. The SMILES string of the molecule is O=C(NCc1cccnc1)C1CCN(c2cccc3c2C(=O)N(CCc2cccc(Cl)c2)C3=O)CC1. The van der Waals surface area contributed by atoms with Gasteiger partial charge in [-0.1, -0.05) is 35.9 Å². The highest BCUT2D eigenvalue weighted by Crippen LogP contribution is 2.34. The minimum Gasteiger partial charge on any atom is -0.371 e. The van der Waals surface area contributed by atoms with E-state index in [1.54, 1.807) is 24.5 Å². The predicted molar refractivity (Wildman–Crippen MR) is 138 cm³/mol. The zero-order chi connectivity index (χ0) is 25.1. The van der Waals surface area contributed by atoms with Gasteiger partial charge in [0.1, 0.15) is 0 Å². The number of nitrogens with zero attached hydrogens (tertiary/aromatic N) is 3. The fraction of sp³-hybridized carbons (Fsp3) is 0.286. The maximum absolute atomic E-state index is 13.3. The van der Waals surface area contributed by atoms with Crippen molar-refractivity contribution in [2.45, 2.75) is 25.8 Å². The molecule has 0 saturated carbocycles. The molecule has 3 heterocycles. The summed E-state index contributed by atoms with van der Waals surface area (Å²) in [5.74, 6) is -0.566. The Kier molecular flexibility index (Phi) is 7.00. The molecule has 1 N–H and O–H groups in total. The Hall–Kier alpha value is -3.71. The second kappa shape index (κ2) is 10.5. The van der Waals surface area contributed by atoms with Gasteiger partial charge in [0.05, 0.1) is 16.8 Å². The van der Waals surface area contributed by atoms with E-state index in [0.29, 0.717) is 61.6 Å². The van der Waals surface area contributed by atoms with Crippen LogP contribution in [0, 0.1) is 5.92 Å². The van der Waals surface area contributed by atoms with Crippen molar-refractivity contribution < 1.29 is 14.4 Å². The molecular weight excluding hydrogens is 476 g/mol. The van der Waals surface area contributed by atoms with E-state index >= 15 is 0 Å². The second-order valence-electron chi connectivity index (χ2n) is 9.18. The third-order valence-electron chi connectivity index (χ3n) is 6.89. The number of hydrogen-bond donors (Lipinski definition) is 1. The van der Waals surface area contributed by atoms with E-state index in [4.69, 9.17) is 11.6 Å². The third-order valence-corrected chi connectivity index (χ3v) is 7.12. The minimum atomic E-state index is -0.261. The maximum atomic E-state index is 13.3. The lowest BCUT2D eigenvalue weighted by Crippen LogP contribution is -2.41. The number of amides is 3. The highest BCUT2D eigenvalue weighted by molar-refractivity contribution is 6.30. The molecule has 184 valence electrons. The van der Waals surface area contributed by atoms with Crippen LogP contribution in [0.4, 0.5) is 5.69 Å². The van der Waals surface area contributed by atoms with Crippen molar-refractivity contribution in [1.82, 2.24) is 15.2 Å². The number of carbonyl (C=O) groups is 3. The van der Waals surface area contributed by atoms with E-state index in [1.165, 1.54) is 4.90 Å². The summed E-state index contributed by atoms with van der Waals surface area (Å²) >= 11 is 6.07. The summed E-state index contributed by atoms with van der Waals surface area (Å²) in [7, 11) is 0. The van der Waals surface area contributed by atoms with Gasteiger partial charge in [-0.05, 0) is 60.7 Å². The van der Waals surface area contributed by atoms with Gasteiger partial charge in [-0.15, -0.1) is 0 Å². The normalized spacial score (nSPS) is 15.8. The van der Waals surface area contributed by atoms with Crippen molar-refractivity contribution in [2.75, 3.05) is 24.5 Å².